The van der Waals surface area contributed by atoms with E-state index in [0.717, 1.165) is 18.0 Å². The highest BCUT2D eigenvalue weighted by Gasteiger charge is 2.39. The van der Waals surface area contributed by atoms with Crippen LogP contribution in [0.5, 0.6) is 5.75 Å². The van der Waals surface area contributed by atoms with Crippen LogP contribution in [0, 0.1) is 15.5 Å². The molecule has 0 bridgehead atoms. The zero-order valence-corrected chi connectivity index (χ0v) is 29.2. The van der Waals surface area contributed by atoms with E-state index in [4.69, 9.17) is 4.74 Å². The maximum Gasteiger partial charge on any atom is 0.327 e. The molecule has 0 spiro atoms. The van der Waals surface area contributed by atoms with Crippen molar-refractivity contribution < 1.29 is 43.8 Å². The Morgan fingerprint density at radius 3 is 2.20 bits per heavy atom. The molecule has 16 nitrogen and oxygen atoms in total. The Kier molecular flexibility index (Phi) is 13.6. The molecule has 17 heteroatoms. The molecule has 2 aromatic carbocycles. The average Bonchev–Trinajstić information content (AvgIpc) is 3.40. The summed E-state index contributed by atoms with van der Waals surface area (Å²) in [4.78, 5) is 74.1. The minimum Gasteiger partial charge on any atom is -0.497 e. The first kappa shape index (κ1) is 39.1. The minimum absolute atomic E-state index is 0.00975. The number of carbonyl (C=O) groups excluding carboxylic acids is 3. The van der Waals surface area contributed by atoms with Crippen molar-refractivity contribution in [1.29, 1.82) is 0 Å². The zero-order valence-electron chi connectivity index (χ0n) is 28.3. The average molecular weight is 715 g/mol. The summed E-state index contributed by atoms with van der Waals surface area (Å²) >= 11 is 1.12. The monoisotopic (exact) mass is 714 g/mol. The van der Waals surface area contributed by atoms with Crippen molar-refractivity contribution in [2.24, 2.45) is 5.41 Å². The quantitative estimate of drug-likeness (QED) is 0.0785. The van der Waals surface area contributed by atoms with Gasteiger partial charge in [0, 0.05) is 37.0 Å². The fourth-order valence-corrected chi connectivity index (χ4v) is 6.14. The summed E-state index contributed by atoms with van der Waals surface area (Å²) in [5.41, 5.74) is 1.67. The molecule has 3 rings (SSSR count). The third-order valence-corrected chi connectivity index (χ3v) is 8.49. The predicted octanol–water partition coefficient (Wildman–Crippen LogP) is 3.40. The van der Waals surface area contributed by atoms with Crippen LogP contribution in [0.15, 0.2) is 54.5 Å². The van der Waals surface area contributed by atoms with Crippen LogP contribution >= 0.6 is 11.8 Å². The summed E-state index contributed by atoms with van der Waals surface area (Å²) in [6, 6.07) is 7.89. The zero-order chi connectivity index (χ0) is 37.2. The molecule has 6 N–H and O–H groups in total. The fourth-order valence-electron chi connectivity index (χ4n) is 5.10. The number of hydrogen-bond donors (Lipinski definition) is 6. The van der Waals surface area contributed by atoms with Gasteiger partial charge in [-0.2, -0.15) is 11.8 Å². The molecule has 0 fully saturated rings. The van der Waals surface area contributed by atoms with Crippen molar-refractivity contribution in [2.75, 3.05) is 29.2 Å². The van der Waals surface area contributed by atoms with Gasteiger partial charge in [0.05, 0.1) is 12.0 Å². The van der Waals surface area contributed by atoms with Crippen molar-refractivity contribution in [3.63, 3.8) is 0 Å². The number of carbonyl (C=O) groups is 5. The van der Waals surface area contributed by atoms with Gasteiger partial charge in [-0.25, -0.2) is 9.59 Å². The summed E-state index contributed by atoms with van der Waals surface area (Å²) in [6.45, 7) is 6.87. The number of benzene rings is 2. The van der Waals surface area contributed by atoms with Crippen LogP contribution in [-0.4, -0.2) is 80.4 Å². The molecule has 0 saturated heterocycles. The topological polar surface area (TPSA) is 230 Å². The molecule has 0 aromatic heterocycles. The van der Waals surface area contributed by atoms with Crippen LogP contribution in [0.4, 0.5) is 11.4 Å². The van der Waals surface area contributed by atoms with Crippen LogP contribution in [0.3, 0.4) is 0 Å². The van der Waals surface area contributed by atoms with Gasteiger partial charge in [-0.15, -0.1) is 0 Å². The number of ether oxygens (including phenoxy) is 1. The van der Waals surface area contributed by atoms with Gasteiger partial charge < -0.3 is 41.1 Å². The summed E-state index contributed by atoms with van der Waals surface area (Å²) in [7, 11) is 1.52. The number of carboxylic acid groups (broad SMARTS) is 2. The smallest absolute Gasteiger partial charge is 0.327 e. The highest BCUT2D eigenvalue weighted by Crippen LogP contribution is 2.36. The van der Waals surface area contributed by atoms with Gasteiger partial charge in [-0.3, -0.25) is 24.5 Å². The first-order valence-corrected chi connectivity index (χ1v) is 16.7. The van der Waals surface area contributed by atoms with Crippen LogP contribution in [0.2, 0.25) is 0 Å². The number of fused-ring (bicyclic) bond motifs is 1. The molecule has 0 saturated carbocycles. The van der Waals surface area contributed by atoms with Crippen molar-refractivity contribution in [3.8, 4) is 5.75 Å². The van der Waals surface area contributed by atoms with E-state index >= 15 is 0 Å². The highest BCUT2D eigenvalue weighted by molar-refractivity contribution is 7.99. The van der Waals surface area contributed by atoms with Gasteiger partial charge in [0.1, 0.15) is 23.9 Å². The lowest BCUT2D eigenvalue weighted by Crippen LogP contribution is -2.47. The van der Waals surface area contributed by atoms with Crippen molar-refractivity contribution >= 4 is 52.8 Å². The largest absolute Gasteiger partial charge is 0.497 e. The van der Waals surface area contributed by atoms with Gasteiger partial charge in [-0.05, 0) is 65.1 Å². The SMILES string of the molecule is COc1ccc(NC(=C[N+](=O)[O-])Nc2ccc3c(c2)CN(C(C)=O)C3C(=O)NC(CCSCC(NC(=O)CC(C)(C)C)C(=O)O)C(=O)O)cc1. The number of aliphatic carboxylic acids is 2. The van der Waals surface area contributed by atoms with E-state index in [1.165, 1.54) is 18.9 Å². The molecule has 1 aliphatic rings. The standard InChI is InChI=1S/C33H42N6O10S/c1-19(40)38-16-20-14-22(35-27(17-39(47)48)34-21-6-9-23(49-5)10-7-21)8-11-24(20)29(38)30(42)37-25(31(43)44)12-13-50-18-26(32(45)46)36-28(41)15-33(2,3)4/h6-11,14,17,25-26,29,34-35H,12-13,15-16,18H2,1-5H3,(H,36,41)(H,37,42)(H,43,44)(H,45,46). The lowest BCUT2D eigenvalue weighted by molar-refractivity contribution is -0.403. The molecule has 0 aliphatic carbocycles. The van der Waals surface area contributed by atoms with Crippen LogP contribution in [0.25, 0.3) is 0 Å². The van der Waals surface area contributed by atoms with Crippen LogP contribution in [-0.2, 0) is 30.5 Å². The number of nitro groups is 1. The Hall–Kier alpha value is -5.32. The number of hydrogen-bond acceptors (Lipinski definition) is 11. The second kappa shape index (κ2) is 17.4. The fraction of sp³-hybridized carbons (Fsp3) is 0.424. The Morgan fingerprint density at radius 2 is 1.64 bits per heavy atom. The van der Waals surface area contributed by atoms with Gasteiger partial charge in [0.25, 0.3) is 6.20 Å². The molecule has 1 heterocycles. The normalized spacial score (nSPS) is 15.3. The number of amides is 3. The third-order valence-electron chi connectivity index (χ3n) is 7.40. The Balaban J connectivity index is 1.69. The highest BCUT2D eigenvalue weighted by atomic mass is 32.2. The molecule has 3 atom stereocenters. The van der Waals surface area contributed by atoms with Crippen LogP contribution in [0.1, 0.15) is 57.7 Å². The summed E-state index contributed by atoms with van der Waals surface area (Å²) in [5, 5.41) is 41.6. The molecule has 3 amide bonds. The number of rotatable bonds is 17. The van der Waals surface area contributed by atoms with E-state index in [-0.39, 0.29) is 42.1 Å². The molecule has 50 heavy (non-hydrogen) atoms. The maximum atomic E-state index is 13.5. The second-order valence-electron chi connectivity index (χ2n) is 12.7. The summed E-state index contributed by atoms with van der Waals surface area (Å²) in [5.74, 6) is -3.29. The van der Waals surface area contributed by atoms with Gasteiger partial charge in [-0.1, -0.05) is 26.8 Å². The lowest BCUT2D eigenvalue weighted by atomic mass is 9.92. The van der Waals surface area contributed by atoms with Crippen molar-refractivity contribution in [2.45, 2.75) is 65.2 Å². The third kappa shape index (κ3) is 11.7. The maximum absolute atomic E-state index is 13.5. The van der Waals surface area contributed by atoms with Gasteiger partial charge >= 0.3 is 11.9 Å². The molecule has 2 aromatic rings. The molecule has 270 valence electrons. The Morgan fingerprint density at radius 1 is 1.02 bits per heavy atom. The molecular weight excluding hydrogens is 672 g/mol. The van der Waals surface area contributed by atoms with E-state index in [1.54, 1.807) is 42.5 Å². The molecular formula is C33H42N6O10S. The summed E-state index contributed by atoms with van der Waals surface area (Å²) < 4.78 is 5.14. The number of carboxylic acids is 2. The van der Waals surface area contributed by atoms with Gasteiger partial charge in [0.2, 0.25) is 17.7 Å². The van der Waals surface area contributed by atoms with Gasteiger partial charge in [0.15, 0.2) is 5.82 Å². The molecule has 1 aliphatic heterocycles. The minimum atomic E-state index is -1.34. The molecule has 0 radical (unpaired) electrons. The first-order valence-electron chi connectivity index (χ1n) is 15.5. The lowest BCUT2D eigenvalue weighted by Gasteiger charge is -2.25. The van der Waals surface area contributed by atoms with E-state index in [0.29, 0.717) is 28.3 Å². The van der Waals surface area contributed by atoms with E-state index < -0.39 is 52.7 Å². The Labute approximate surface area is 293 Å². The number of nitrogens with one attached hydrogen (secondary N) is 4. The molecule has 3 unspecified atom stereocenters. The van der Waals surface area contributed by atoms with E-state index in [1.807, 2.05) is 20.8 Å². The first-order chi connectivity index (χ1) is 23.5. The number of anilines is 2. The Bertz CT molecular complexity index is 1630. The number of methoxy groups -OCH3 is 1. The second-order valence-corrected chi connectivity index (χ2v) is 13.9. The predicted molar refractivity (Wildman–Crippen MR) is 186 cm³/mol. The number of thioether (sulfide) groups is 1. The van der Waals surface area contributed by atoms with Crippen molar-refractivity contribution in [1.82, 2.24) is 15.5 Å². The van der Waals surface area contributed by atoms with E-state index in [9.17, 15) is 44.3 Å². The van der Waals surface area contributed by atoms with E-state index in [2.05, 4.69) is 21.3 Å². The summed E-state index contributed by atoms with van der Waals surface area (Å²) in [6.07, 6.45) is 0.837. The van der Waals surface area contributed by atoms with Crippen LogP contribution < -0.4 is 26.0 Å². The van der Waals surface area contributed by atoms with Crippen molar-refractivity contribution in [3.05, 3.63) is 75.7 Å². The number of nitrogens with zero attached hydrogens (tertiary/aromatic N) is 2.